The largest absolute Gasteiger partial charge is 0.310 e. The van der Waals surface area contributed by atoms with Crippen molar-refractivity contribution in [3.05, 3.63) is 65.5 Å². The highest BCUT2D eigenvalue weighted by Crippen LogP contribution is 2.34. The van der Waals surface area contributed by atoms with Crippen molar-refractivity contribution in [3.8, 4) is 0 Å². The molecule has 0 bridgehead atoms. The van der Waals surface area contributed by atoms with Crippen LogP contribution in [0.5, 0.6) is 0 Å². The average molecular weight is 252 g/mol. The molecule has 1 aromatic carbocycles. The van der Waals surface area contributed by atoms with Gasteiger partial charge in [-0.15, -0.1) is 0 Å². The standard InChI is InChI=1S/C17H20N2/c1-2-19-17(15-8-5-9-18-12-15)16-10-13-6-3-4-7-14(13)11-16/h3-9,12,16-17,19H,2,10-11H2,1H3. The zero-order chi connectivity index (χ0) is 13.1. The highest BCUT2D eigenvalue weighted by molar-refractivity contribution is 5.33. The van der Waals surface area contributed by atoms with Gasteiger partial charge in [-0.05, 0) is 48.1 Å². The molecule has 1 aromatic heterocycles. The van der Waals surface area contributed by atoms with Gasteiger partial charge in [-0.3, -0.25) is 4.98 Å². The van der Waals surface area contributed by atoms with E-state index in [1.165, 1.54) is 29.5 Å². The molecule has 1 atom stereocenters. The fourth-order valence-electron chi connectivity index (χ4n) is 3.17. The van der Waals surface area contributed by atoms with E-state index in [1.807, 2.05) is 18.5 Å². The van der Waals surface area contributed by atoms with Crippen LogP contribution >= 0.6 is 0 Å². The normalized spacial score (nSPS) is 16.3. The van der Waals surface area contributed by atoms with Gasteiger partial charge < -0.3 is 5.32 Å². The molecule has 2 heteroatoms. The minimum atomic E-state index is 0.408. The fraction of sp³-hybridized carbons (Fsp3) is 0.353. The molecule has 0 saturated heterocycles. The van der Waals surface area contributed by atoms with E-state index < -0.39 is 0 Å². The summed E-state index contributed by atoms with van der Waals surface area (Å²) < 4.78 is 0. The van der Waals surface area contributed by atoms with Gasteiger partial charge in [-0.1, -0.05) is 37.3 Å². The van der Waals surface area contributed by atoms with Crippen LogP contribution in [0.15, 0.2) is 48.8 Å². The molecule has 1 N–H and O–H groups in total. The summed E-state index contributed by atoms with van der Waals surface area (Å²) in [4.78, 5) is 4.27. The summed E-state index contributed by atoms with van der Waals surface area (Å²) in [6.45, 7) is 3.16. The topological polar surface area (TPSA) is 24.9 Å². The number of hydrogen-bond donors (Lipinski definition) is 1. The lowest BCUT2D eigenvalue weighted by molar-refractivity contribution is 0.380. The number of aromatic nitrogens is 1. The number of fused-ring (bicyclic) bond motifs is 1. The third-order valence-corrected chi connectivity index (χ3v) is 4.02. The van der Waals surface area contributed by atoms with Crippen LogP contribution in [0.4, 0.5) is 0 Å². The molecule has 0 fully saturated rings. The summed E-state index contributed by atoms with van der Waals surface area (Å²) in [6, 6.07) is 13.4. The van der Waals surface area contributed by atoms with Crippen LogP contribution in [0.1, 0.15) is 29.7 Å². The molecule has 1 heterocycles. The smallest absolute Gasteiger partial charge is 0.0370 e. The fourth-order valence-corrected chi connectivity index (χ4v) is 3.17. The van der Waals surface area contributed by atoms with E-state index in [-0.39, 0.29) is 0 Å². The molecular weight excluding hydrogens is 232 g/mol. The molecule has 0 radical (unpaired) electrons. The first-order valence-electron chi connectivity index (χ1n) is 7.08. The molecule has 1 aliphatic carbocycles. The summed E-state index contributed by atoms with van der Waals surface area (Å²) in [5, 5.41) is 3.64. The second-order valence-electron chi connectivity index (χ2n) is 5.26. The van der Waals surface area contributed by atoms with Gasteiger partial charge in [0.05, 0.1) is 0 Å². The summed E-state index contributed by atoms with van der Waals surface area (Å²) in [5.41, 5.74) is 4.33. The minimum absolute atomic E-state index is 0.408. The Morgan fingerprint density at radius 2 is 1.89 bits per heavy atom. The van der Waals surface area contributed by atoms with Gasteiger partial charge in [0.1, 0.15) is 0 Å². The molecule has 0 amide bonds. The molecular formula is C17H20N2. The van der Waals surface area contributed by atoms with E-state index in [0.29, 0.717) is 12.0 Å². The Labute approximate surface area is 114 Å². The molecule has 2 nitrogen and oxygen atoms in total. The third-order valence-electron chi connectivity index (χ3n) is 4.02. The van der Waals surface area contributed by atoms with Crippen LogP contribution in [0.2, 0.25) is 0 Å². The number of rotatable bonds is 4. The van der Waals surface area contributed by atoms with Gasteiger partial charge in [-0.25, -0.2) is 0 Å². The number of nitrogens with one attached hydrogen (secondary N) is 1. The maximum absolute atomic E-state index is 4.27. The molecule has 0 spiro atoms. The average Bonchev–Trinajstić information content (AvgIpc) is 2.89. The maximum Gasteiger partial charge on any atom is 0.0370 e. The molecule has 98 valence electrons. The van der Waals surface area contributed by atoms with E-state index in [1.54, 1.807) is 0 Å². The van der Waals surface area contributed by atoms with Crippen molar-refractivity contribution in [1.29, 1.82) is 0 Å². The zero-order valence-electron chi connectivity index (χ0n) is 11.3. The highest BCUT2D eigenvalue weighted by atomic mass is 14.9. The SMILES string of the molecule is CCNC(c1cccnc1)C1Cc2ccccc2C1. The summed E-state index contributed by atoms with van der Waals surface area (Å²) in [6.07, 6.45) is 6.18. The van der Waals surface area contributed by atoms with Crippen LogP contribution in [0, 0.1) is 5.92 Å². The lowest BCUT2D eigenvalue weighted by Crippen LogP contribution is -2.28. The van der Waals surface area contributed by atoms with Crippen molar-refractivity contribution in [2.24, 2.45) is 5.92 Å². The molecule has 1 aliphatic rings. The van der Waals surface area contributed by atoms with Crippen molar-refractivity contribution >= 4 is 0 Å². The van der Waals surface area contributed by atoms with Gasteiger partial charge in [0.15, 0.2) is 0 Å². The van der Waals surface area contributed by atoms with Crippen LogP contribution in [-0.2, 0) is 12.8 Å². The monoisotopic (exact) mass is 252 g/mol. The quantitative estimate of drug-likeness (QED) is 0.904. The van der Waals surface area contributed by atoms with Crippen LogP contribution < -0.4 is 5.32 Å². The Morgan fingerprint density at radius 3 is 2.47 bits per heavy atom. The van der Waals surface area contributed by atoms with E-state index >= 15 is 0 Å². The van der Waals surface area contributed by atoms with Crippen molar-refractivity contribution in [1.82, 2.24) is 10.3 Å². The van der Waals surface area contributed by atoms with Crippen LogP contribution in [-0.4, -0.2) is 11.5 Å². The lowest BCUT2D eigenvalue weighted by Gasteiger charge is -2.24. The summed E-state index contributed by atoms with van der Waals surface area (Å²) in [5.74, 6) is 0.640. The Balaban J connectivity index is 1.84. The molecule has 3 rings (SSSR count). The van der Waals surface area contributed by atoms with Gasteiger partial charge in [-0.2, -0.15) is 0 Å². The molecule has 1 unspecified atom stereocenters. The van der Waals surface area contributed by atoms with Crippen LogP contribution in [0.25, 0.3) is 0 Å². The second-order valence-corrected chi connectivity index (χ2v) is 5.26. The van der Waals surface area contributed by atoms with Crippen molar-refractivity contribution < 1.29 is 0 Å². The Morgan fingerprint density at radius 1 is 1.16 bits per heavy atom. The number of nitrogens with zero attached hydrogens (tertiary/aromatic N) is 1. The molecule has 2 aromatic rings. The zero-order valence-corrected chi connectivity index (χ0v) is 11.3. The van der Waals surface area contributed by atoms with Gasteiger partial charge >= 0.3 is 0 Å². The number of hydrogen-bond acceptors (Lipinski definition) is 2. The third kappa shape index (κ3) is 2.54. The molecule has 0 aliphatic heterocycles. The Bertz CT molecular complexity index is 511. The number of benzene rings is 1. The van der Waals surface area contributed by atoms with Crippen molar-refractivity contribution in [3.63, 3.8) is 0 Å². The maximum atomic E-state index is 4.27. The van der Waals surface area contributed by atoms with Gasteiger partial charge in [0, 0.05) is 18.4 Å². The Kier molecular flexibility index (Phi) is 3.60. The Hall–Kier alpha value is -1.67. The van der Waals surface area contributed by atoms with Crippen molar-refractivity contribution in [2.45, 2.75) is 25.8 Å². The first kappa shape index (κ1) is 12.4. The van der Waals surface area contributed by atoms with Crippen LogP contribution in [0.3, 0.4) is 0 Å². The van der Waals surface area contributed by atoms with Gasteiger partial charge in [0.25, 0.3) is 0 Å². The van der Waals surface area contributed by atoms with E-state index in [0.717, 1.165) is 6.54 Å². The first-order valence-corrected chi connectivity index (χ1v) is 7.08. The second kappa shape index (κ2) is 5.54. The highest BCUT2D eigenvalue weighted by Gasteiger charge is 2.28. The van der Waals surface area contributed by atoms with E-state index in [4.69, 9.17) is 0 Å². The molecule has 0 saturated carbocycles. The lowest BCUT2D eigenvalue weighted by atomic mass is 9.91. The predicted molar refractivity (Wildman–Crippen MR) is 78.0 cm³/mol. The summed E-state index contributed by atoms with van der Waals surface area (Å²) >= 11 is 0. The van der Waals surface area contributed by atoms with Crippen molar-refractivity contribution in [2.75, 3.05) is 6.54 Å². The predicted octanol–water partition coefficient (Wildman–Crippen LogP) is 3.15. The number of pyridine rings is 1. The minimum Gasteiger partial charge on any atom is -0.310 e. The summed E-state index contributed by atoms with van der Waals surface area (Å²) in [7, 11) is 0. The van der Waals surface area contributed by atoms with Gasteiger partial charge in [0.2, 0.25) is 0 Å². The first-order chi connectivity index (χ1) is 9.38. The van der Waals surface area contributed by atoms with E-state index in [9.17, 15) is 0 Å². The molecule has 19 heavy (non-hydrogen) atoms. The van der Waals surface area contributed by atoms with E-state index in [2.05, 4.69) is 47.6 Å².